The minimum atomic E-state index is -1.02. The number of carbonyl (C=O) groups excluding carboxylic acids is 1. The number of thiophene rings is 1. The molecule has 1 fully saturated rings. The Morgan fingerprint density at radius 1 is 1.37 bits per heavy atom. The van der Waals surface area contributed by atoms with Gasteiger partial charge in [0.15, 0.2) is 0 Å². The number of anilines is 1. The molecule has 0 aromatic carbocycles. The van der Waals surface area contributed by atoms with Gasteiger partial charge in [-0.2, -0.15) is 0 Å². The second-order valence-electron chi connectivity index (χ2n) is 4.80. The number of nitrogens with zero attached hydrogens (tertiary/aromatic N) is 1. The number of urea groups is 1. The lowest BCUT2D eigenvalue weighted by molar-refractivity contribution is 0.0698. The van der Waals surface area contributed by atoms with E-state index in [1.165, 1.54) is 23.8 Å². The average molecular weight is 282 g/mol. The molecule has 0 atom stereocenters. The lowest BCUT2D eigenvalue weighted by Gasteiger charge is -2.31. The molecule has 0 radical (unpaired) electrons. The van der Waals surface area contributed by atoms with Crippen LogP contribution in [-0.2, 0) is 0 Å². The zero-order chi connectivity index (χ0) is 13.8. The van der Waals surface area contributed by atoms with E-state index in [0.717, 1.165) is 25.7 Å². The van der Waals surface area contributed by atoms with Gasteiger partial charge in [0.1, 0.15) is 5.00 Å². The fraction of sp³-hybridized carbons (Fsp3) is 0.538. The maximum atomic E-state index is 12.1. The van der Waals surface area contributed by atoms with Gasteiger partial charge in [-0.05, 0) is 24.3 Å². The van der Waals surface area contributed by atoms with E-state index in [2.05, 4.69) is 5.32 Å². The third-order valence-corrected chi connectivity index (χ3v) is 4.39. The fourth-order valence-electron chi connectivity index (χ4n) is 2.39. The van der Waals surface area contributed by atoms with Crippen LogP contribution in [0.15, 0.2) is 11.4 Å². The van der Waals surface area contributed by atoms with Crippen molar-refractivity contribution in [1.29, 1.82) is 0 Å². The number of carboxylic acid groups (broad SMARTS) is 1. The summed E-state index contributed by atoms with van der Waals surface area (Å²) in [7, 11) is 1.78. The van der Waals surface area contributed by atoms with Gasteiger partial charge in [-0.15, -0.1) is 11.3 Å². The third-order valence-electron chi connectivity index (χ3n) is 3.56. The first kappa shape index (κ1) is 13.9. The van der Waals surface area contributed by atoms with Gasteiger partial charge in [0.05, 0.1) is 5.56 Å². The van der Waals surface area contributed by atoms with Crippen molar-refractivity contribution in [3.8, 4) is 0 Å². The summed E-state index contributed by atoms with van der Waals surface area (Å²) in [6.45, 7) is 0. The summed E-state index contributed by atoms with van der Waals surface area (Å²) >= 11 is 1.23. The Hall–Kier alpha value is -1.56. The second-order valence-corrected chi connectivity index (χ2v) is 5.72. The van der Waals surface area contributed by atoms with Crippen molar-refractivity contribution in [1.82, 2.24) is 4.90 Å². The predicted octanol–water partition coefficient (Wildman–Crippen LogP) is 3.24. The Morgan fingerprint density at radius 3 is 2.68 bits per heavy atom. The van der Waals surface area contributed by atoms with Crippen molar-refractivity contribution in [2.75, 3.05) is 12.4 Å². The van der Waals surface area contributed by atoms with E-state index in [1.54, 1.807) is 17.3 Å². The second kappa shape index (κ2) is 6.06. The van der Waals surface area contributed by atoms with Crippen molar-refractivity contribution in [3.63, 3.8) is 0 Å². The Morgan fingerprint density at radius 2 is 2.05 bits per heavy atom. The van der Waals surface area contributed by atoms with Crippen molar-refractivity contribution in [2.24, 2.45) is 0 Å². The summed E-state index contributed by atoms with van der Waals surface area (Å²) in [5.41, 5.74) is 0.149. The van der Waals surface area contributed by atoms with Crippen molar-refractivity contribution < 1.29 is 14.7 Å². The quantitative estimate of drug-likeness (QED) is 0.894. The summed E-state index contributed by atoms with van der Waals surface area (Å²) in [4.78, 5) is 24.8. The molecule has 1 aliphatic rings. The Kier molecular flexibility index (Phi) is 4.42. The Labute approximate surface area is 116 Å². The van der Waals surface area contributed by atoms with Crippen LogP contribution in [0.25, 0.3) is 0 Å². The molecule has 104 valence electrons. The lowest BCUT2D eigenvalue weighted by Crippen LogP contribution is -2.40. The molecule has 2 rings (SSSR count). The van der Waals surface area contributed by atoms with Crippen LogP contribution >= 0.6 is 11.3 Å². The predicted molar refractivity (Wildman–Crippen MR) is 74.9 cm³/mol. The number of amides is 2. The first-order chi connectivity index (χ1) is 9.09. The standard InChI is InChI=1S/C13H18N2O3S/c1-15(9-5-3-2-4-6-9)13(18)14-11-10(12(16)17)7-8-19-11/h7-9H,2-6H2,1H3,(H,14,18)(H,16,17). The van der Waals surface area contributed by atoms with E-state index < -0.39 is 5.97 Å². The summed E-state index contributed by atoms with van der Waals surface area (Å²) in [5.74, 6) is -1.02. The monoisotopic (exact) mass is 282 g/mol. The molecule has 0 unspecified atom stereocenters. The van der Waals surface area contributed by atoms with Crippen molar-refractivity contribution in [2.45, 2.75) is 38.1 Å². The van der Waals surface area contributed by atoms with Crippen LogP contribution in [0, 0.1) is 0 Å². The lowest BCUT2D eigenvalue weighted by atomic mass is 9.95. The Bertz CT molecular complexity index is 466. The fourth-order valence-corrected chi connectivity index (χ4v) is 3.16. The van der Waals surface area contributed by atoms with Gasteiger partial charge in [0.25, 0.3) is 0 Å². The van der Waals surface area contributed by atoms with Crippen LogP contribution in [0.5, 0.6) is 0 Å². The number of rotatable bonds is 3. The highest BCUT2D eigenvalue weighted by atomic mass is 32.1. The first-order valence-electron chi connectivity index (χ1n) is 6.44. The summed E-state index contributed by atoms with van der Waals surface area (Å²) in [6.07, 6.45) is 5.60. The van der Waals surface area contributed by atoms with Gasteiger partial charge in [0, 0.05) is 13.1 Å². The molecule has 6 heteroatoms. The van der Waals surface area contributed by atoms with Gasteiger partial charge < -0.3 is 10.0 Å². The van der Waals surface area contributed by atoms with Gasteiger partial charge in [-0.3, -0.25) is 5.32 Å². The maximum absolute atomic E-state index is 12.1. The van der Waals surface area contributed by atoms with Gasteiger partial charge in [0.2, 0.25) is 0 Å². The molecular weight excluding hydrogens is 264 g/mol. The number of carbonyl (C=O) groups is 2. The summed E-state index contributed by atoms with van der Waals surface area (Å²) in [5, 5.41) is 13.8. The molecule has 1 heterocycles. The molecule has 1 saturated carbocycles. The van der Waals surface area contributed by atoms with E-state index in [0.29, 0.717) is 5.00 Å². The van der Waals surface area contributed by atoms with Crippen LogP contribution in [0.3, 0.4) is 0 Å². The molecule has 0 saturated heterocycles. The number of carboxylic acids is 1. The molecule has 2 amide bonds. The molecule has 0 aliphatic heterocycles. The number of hydrogen-bond acceptors (Lipinski definition) is 3. The molecule has 1 aliphatic carbocycles. The number of aromatic carboxylic acids is 1. The smallest absolute Gasteiger partial charge is 0.338 e. The molecule has 1 aromatic heterocycles. The highest BCUT2D eigenvalue weighted by molar-refractivity contribution is 7.14. The van der Waals surface area contributed by atoms with Crippen LogP contribution in [0.1, 0.15) is 42.5 Å². The largest absolute Gasteiger partial charge is 0.478 e. The zero-order valence-corrected chi connectivity index (χ0v) is 11.7. The average Bonchev–Trinajstić information content (AvgIpc) is 2.87. The minimum Gasteiger partial charge on any atom is -0.478 e. The highest BCUT2D eigenvalue weighted by Crippen LogP contribution is 2.25. The molecule has 1 aromatic rings. The van der Waals surface area contributed by atoms with E-state index in [1.807, 2.05) is 0 Å². The van der Waals surface area contributed by atoms with Gasteiger partial charge >= 0.3 is 12.0 Å². The van der Waals surface area contributed by atoms with Gasteiger partial charge in [-0.1, -0.05) is 19.3 Å². The van der Waals surface area contributed by atoms with E-state index in [4.69, 9.17) is 5.11 Å². The molecule has 5 nitrogen and oxygen atoms in total. The summed E-state index contributed by atoms with van der Waals surface area (Å²) in [6, 6.07) is 1.54. The van der Waals surface area contributed by atoms with E-state index >= 15 is 0 Å². The van der Waals surface area contributed by atoms with Crippen LogP contribution in [0.4, 0.5) is 9.80 Å². The molecule has 0 bridgehead atoms. The number of nitrogens with one attached hydrogen (secondary N) is 1. The topological polar surface area (TPSA) is 69.6 Å². The highest BCUT2D eigenvalue weighted by Gasteiger charge is 2.23. The maximum Gasteiger partial charge on any atom is 0.338 e. The number of hydrogen-bond donors (Lipinski definition) is 2. The molecular formula is C13H18N2O3S. The third kappa shape index (κ3) is 3.26. The summed E-state index contributed by atoms with van der Waals surface area (Å²) < 4.78 is 0. The molecule has 19 heavy (non-hydrogen) atoms. The van der Waals surface area contributed by atoms with Crippen LogP contribution in [0.2, 0.25) is 0 Å². The van der Waals surface area contributed by atoms with E-state index in [-0.39, 0.29) is 17.6 Å². The van der Waals surface area contributed by atoms with Crippen LogP contribution in [-0.4, -0.2) is 35.1 Å². The van der Waals surface area contributed by atoms with Crippen LogP contribution < -0.4 is 5.32 Å². The molecule has 2 N–H and O–H groups in total. The normalized spacial score (nSPS) is 16.1. The SMILES string of the molecule is CN(C(=O)Nc1sccc1C(=O)O)C1CCCCC1. The van der Waals surface area contributed by atoms with E-state index in [9.17, 15) is 9.59 Å². The first-order valence-corrected chi connectivity index (χ1v) is 7.32. The Balaban J connectivity index is 1.99. The zero-order valence-electron chi connectivity index (χ0n) is 10.9. The van der Waals surface area contributed by atoms with Crippen molar-refractivity contribution >= 4 is 28.3 Å². The van der Waals surface area contributed by atoms with Gasteiger partial charge in [-0.25, -0.2) is 9.59 Å². The van der Waals surface area contributed by atoms with Crippen molar-refractivity contribution in [3.05, 3.63) is 17.0 Å². The molecule has 0 spiro atoms. The minimum absolute atomic E-state index is 0.149.